The molecule has 0 atom stereocenters. The van der Waals surface area contributed by atoms with E-state index in [1.807, 2.05) is 0 Å². The Hall–Kier alpha value is -3.56. The Morgan fingerprint density at radius 1 is 1.16 bits per heavy atom. The lowest BCUT2D eigenvalue weighted by molar-refractivity contribution is -0.137. The molecule has 1 aromatic carbocycles. The molecule has 0 unspecified atom stereocenters. The minimum atomic E-state index is -4.56. The van der Waals surface area contributed by atoms with E-state index in [2.05, 4.69) is 15.3 Å². The summed E-state index contributed by atoms with van der Waals surface area (Å²) in [5.74, 6) is -3.52. The molecule has 1 N–H and O–H groups in total. The maximum absolute atomic E-state index is 14.5. The lowest BCUT2D eigenvalue weighted by Gasteiger charge is -2.33. The Labute approximate surface area is 179 Å². The van der Waals surface area contributed by atoms with Crippen LogP contribution in [0.4, 0.5) is 38.3 Å². The number of carbonyl (C=O) groups is 1. The van der Waals surface area contributed by atoms with E-state index < -0.39 is 35.7 Å². The standard InChI is InChI=1S/C22H17F5N4O/c1-13-12-28-9-7-17(13)30-20(32)31-10-8-21(23,24)16-5-6-18(29-19(16)31)14-3-2-4-15(11-14)22(25,26)27/h2-7,9,11-12H,8,10H2,1H3,(H,28,30,32). The predicted molar refractivity (Wildman–Crippen MR) is 109 cm³/mol. The molecule has 1 aliphatic heterocycles. The molecule has 2 aromatic heterocycles. The van der Waals surface area contributed by atoms with E-state index in [1.165, 1.54) is 30.6 Å². The highest BCUT2D eigenvalue weighted by Gasteiger charge is 2.42. The van der Waals surface area contributed by atoms with E-state index in [1.54, 1.807) is 13.0 Å². The van der Waals surface area contributed by atoms with Gasteiger partial charge in [0.25, 0.3) is 5.92 Å². The van der Waals surface area contributed by atoms with Gasteiger partial charge in [-0.2, -0.15) is 13.2 Å². The van der Waals surface area contributed by atoms with Crippen LogP contribution in [0, 0.1) is 6.92 Å². The Bertz CT molecular complexity index is 1180. The number of alkyl halides is 5. The summed E-state index contributed by atoms with van der Waals surface area (Å²) in [5, 5.41) is 2.65. The molecule has 4 rings (SSSR count). The van der Waals surface area contributed by atoms with Crippen LogP contribution in [0.2, 0.25) is 0 Å². The van der Waals surface area contributed by atoms with Crippen LogP contribution in [-0.2, 0) is 12.1 Å². The first-order valence-electron chi connectivity index (χ1n) is 9.62. The zero-order valence-electron chi connectivity index (χ0n) is 16.8. The zero-order chi connectivity index (χ0) is 23.1. The molecule has 0 fully saturated rings. The second-order valence-corrected chi connectivity index (χ2v) is 7.37. The van der Waals surface area contributed by atoms with Gasteiger partial charge in [-0.15, -0.1) is 0 Å². The van der Waals surface area contributed by atoms with Gasteiger partial charge in [0, 0.05) is 36.6 Å². The van der Waals surface area contributed by atoms with E-state index in [0.29, 0.717) is 11.3 Å². The van der Waals surface area contributed by atoms with Crippen LogP contribution in [0.15, 0.2) is 54.9 Å². The SMILES string of the molecule is Cc1cnccc1NC(=O)N1CCC(F)(F)c2ccc(-c3cccc(C(F)(F)F)c3)nc21. The topological polar surface area (TPSA) is 58.1 Å². The fourth-order valence-corrected chi connectivity index (χ4v) is 3.44. The quantitative estimate of drug-likeness (QED) is 0.489. The number of halogens is 5. The van der Waals surface area contributed by atoms with Crippen molar-refractivity contribution in [2.45, 2.75) is 25.4 Å². The van der Waals surface area contributed by atoms with Crippen molar-refractivity contribution in [3.05, 3.63) is 71.5 Å². The summed E-state index contributed by atoms with van der Waals surface area (Å²) in [4.78, 5) is 22.1. The third-order valence-corrected chi connectivity index (χ3v) is 5.17. The Morgan fingerprint density at radius 3 is 2.66 bits per heavy atom. The van der Waals surface area contributed by atoms with Crippen LogP contribution >= 0.6 is 0 Å². The monoisotopic (exact) mass is 448 g/mol. The molecular weight excluding hydrogens is 431 g/mol. The molecule has 0 radical (unpaired) electrons. The van der Waals surface area contributed by atoms with E-state index >= 15 is 0 Å². The fourth-order valence-electron chi connectivity index (χ4n) is 3.44. The average molecular weight is 448 g/mol. The minimum absolute atomic E-state index is 0.0467. The molecule has 2 amide bonds. The number of aryl methyl sites for hydroxylation is 1. The van der Waals surface area contributed by atoms with Crippen molar-refractivity contribution in [2.24, 2.45) is 0 Å². The maximum Gasteiger partial charge on any atom is 0.416 e. The lowest BCUT2D eigenvalue weighted by Crippen LogP contribution is -2.43. The number of nitrogens with zero attached hydrogens (tertiary/aromatic N) is 3. The van der Waals surface area contributed by atoms with E-state index in [9.17, 15) is 26.7 Å². The van der Waals surface area contributed by atoms with E-state index in [4.69, 9.17) is 0 Å². The summed E-state index contributed by atoms with van der Waals surface area (Å²) in [6.07, 6.45) is -2.15. The van der Waals surface area contributed by atoms with Crippen molar-refractivity contribution < 1.29 is 26.7 Å². The van der Waals surface area contributed by atoms with Crippen molar-refractivity contribution in [3.63, 3.8) is 0 Å². The number of anilines is 2. The molecule has 0 aliphatic carbocycles. The van der Waals surface area contributed by atoms with E-state index in [0.717, 1.165) is 23.1 Å². The number of fused-ring (bicyclic) bond motifs is 1. The third kappa shape index (κ3) is 4.12. The number of amides is 2. The van der Waals surface area contributed by atoms with Crippen LogP contribution in [0.5, 0.6) is 0 Å². The number of rotatable bonds is 2. The highest BCUT2D eigenvalue weighted by Crippen LogP contribution is 2.43. The molecule has 0 saturated carbocycles. The minimum Gasteiger partial charge on any atom is -0.307 e. The molecule has 0 bridgehead atoms. The number of benzene rings is 1. The highest BCUT2D eigenvalue weighted by molar-refractivity contribution is 6.02. The molecule has 0 spiro atoms. The summed E-state index contributed by atoms with van der Waals surface area (Å²) in [7, 11) is 0. The summed E-state index contributed by atoms with van der Waals surface area (Å²) < 4.78 is 68.3. The van der Waals surface area contributed by atoms with Crippen molar-refractivity contribution in [2.75, 3.05) is 16.8 Å². The smallest absolute Gasteiger partial charge is 0.307 e. The summed E-state index contributed by atoms with van der Waals surface area (Å²) >= 11 is 0. The Morgan fingerprint density at radius 2 is 1.94 bits per heavy atom. The molecule has 32 heavy (non-hydrogen) atoms. The largest absolute Gasteiger partial charge is 0.416 e. The van der Waals surface area contributed by atoms with Gasteiger partial charge in [-0.3, -0.25) is 9.88 Å². The van der Waals surface area contributed by atoms with Gasteiger partial charge in [0.1, 0.15) is 5.82 Å². The maximum atomic E-state index is 14.5. The third-order valence-electron chi connectivity index (χ3n) is 5.17. The molecule has 166 valence electrons. The first kappa shape index (κ1) is 21.7. The molecule has 0 saturated heterocycles. The van der Waals surface area contributed by atoms with Gasteiger partial charge in [0.2, 0.25) is 0 Å². The van der Waals surface area contributed by atoms with Gasteiger partial charge in [0.05, 0.1) is 16.8 Å². The highest BCUT2D eigenvalue weighted by atomic mass is 19.4. The number of hydrogen-bond donors (Lipinski definition) is 1. The first-order valence-corrected chi connectivity index (χ1v) is 9.62. The summed E-state index contributed by atoms with van der Waals surface area (Å²) in [6.45, 7) is 1.42. The van der Waals surface area contributed by atoms with Gasteiger partial charge in [0.15, 0.2) is 0 Å². The lowest BCUT2D eigenvalue weighted by atomic mass is 9.99. The van der Waals surface area contributed by atoms with Gasteiger partial charge >= 0.3 is 12.2 Å². The number of nitrogens with one attached hydrogen (secondary N) is 1. The second kappa shape index (κ2) is 7.85. The summed E-state index contributed by atoms with van der Waals surface area (Å²) in [5.41, 5.74) is -0.0667. The average Bonchev–Trinajstić information content (AvgIpc) is 2.74. The number of hydrogen-bond acceptors (Lipinski definition) is 3. The Balaban J connectivity index is 1.74. The van der Waals surface area contributed by atoms with Gasteiger partial charge in [-0.1, -0.05) is 12.1 Å². The predicted octanol–water partition coefficient (Wildman–Crippen LogP) is 6.00. The van der Waals surface area contributed by atoms with Gasteiger partial charge < -0.3 is 5.32 Å². The number of pyridine rings is 2. The van der Waals surface area contributed by atoms with Crippen molar-refractivity contribution in [3.8, 4) is 11.3 Å². The van der Waals surface area contributed by atoms with Gasteiger partial charge in [-0.05, 0) is 42.8 Å². The van der Waals surface area contributed by atoms with Gasteiger partial charge in [-0.25, -0.2) is 18.6 Å². The van der Waals surface area contributed by atoms with Crippen LogP contribution in [-0.4, -0.2) is 22.5 Å². The zero-order valence-corrected chi connectivity index (χ0v) is 16.8. The molecular formula is C22H17F5N4O. The van der Waals surface area contributed by atoms with Crippen molar-refractivity contribution in [1.82, 2.24) is 9.97 Å². The Kier molecular flexibility index (Phi) is 5.31. The first-order chi connectivity index (χ1) is 15.1. The fraction of sp³-hybridized carbons (Fsp3) is 0.227. The van der Waals surface area contributed by atoms with Crippen molar-refractivity contribution >= 4 is 17.5 Å². The number of carbonyl (C=O) groups excluding carboxylic acids is 1. The summed E-state index contributed by atoms with van der Waals surface area (Å²) in [6, 6.07) is 7.64. The molecule has 3 heterocycles. The van der Waals surface area contributed by atoms with Crippen LogP contribution in [0.25, 0.3) is 11.3 Å². The number of aromatic nitrogens is 2. The molecule has 10 heteroatoms. The van der Waals surface area contributed by atoms with Crippen molar-refractivity contribution in [1.29, 1.82) is 0 Å². The van der Waals surface area contributed by atoms with Crippen LogP contribution < -0.4 is 10.2 Å². The molecule has 3 aromatic rings. The normalized spacial score (nSPS) is 15.2. The van der Waals surface area contributed by atoms with E-state index in [-0.39, 0.29) is 23.6 Å². The molecule has 5 nitrogen and oxygen atoms in total. The number of urea groups is 1. The second-order valence-electron chi connectivity index (χ2n) is 7.37. The van der Waals surface area contributed by atoms with Crippen LogP contribution in [0.3, 0.4) is 0 Å². The van der Waals surface area contributed by atoms with Crippen LogP contribution in [0.1, 0.15) is 23.1 Å². The molecule has 1 aliphatic rings.